The number of carbonyl (C=O) groups excluding carboxylic acids is 1. The predicted octanol–water partition coefficient (Wildman–Crippen LogP) is 1.84. The minimum absolute atomic E-state index is 0.0136. The first-order valence-corrected chi connectivity index (χ1v) is 9.43. The van der Waals surface area contributed by atoms with Crippen LogP contribution in [-0.4, -0.2) is 72.8 Å². The van der Waals surface area contributed by atoms with E-state index in [1.807, 2.05) is 12.1 Å². The van der Waals surface area contributed by atoms with Crippen LogP contribution in [0, 0.1) is 0 Å². The van der Waals surface area contributed by atoms with Crippen molar-refractivity contribution in [1.29, 1.82) is 0 Å². The number of aliphatic carboxylic acids is 1. The summed E-state index contributed by atoms with van der Waals surface area (Å²) in [6, 6.07) is 8.23. The molecule has 2 amide bonds. The SMILES string of the molecule is CN(CC(=O)O)CC1CN(C(=O)NC2CC(C)(C)c3ccccc32)CCO1. The minimum atomic E-state index is -0.870. The maximum Gasteiger partial charge on any atom is 0.318 e. The number of nitrogens with zero attached hydrogens (tertiary/aromatic N) is 2. The topological polar surface area (TPSA) is 82.1 Å². The largest absolute Gasteiger partial charge is 0.480 e. The fraction of sp³-hybridized carbons (Fsp3) is 0.600. The Bertz CT molecular complexity index is 706. The first kappa shape index (κ1) is 19.6. The molecule has 0 spiro atoms. The van der Waals surface area contributed by atoms with E-state index in [1.165, 1.54) is 11.1 Å². The third-order valence-electron chi connectivity index (χ3n) is 5.42. The van der Waals surface area contributed by atoms with Crippen molar-refractivity contribution in [1.82, 2.24) is 15.1 Å². The zero-order chi connectivity index (χ0) is 19.6. The van der Waals surface area contributed by atoms with Crippen LogP contribution in [0.4, 0.5) is 4.79 Å². The molecule has 7 nitrogen and oxygen atoms in total. The molecule has 1 aliphatic carbocycles. The van der Waals surface area contributed by atoms with Gasteiger partial charge < -0.3 is 20.1 Å². The normalized spacial score (nSPS) is 23.9. The molecule has 2 aliphatic rings. The van der Waals surface area contributed by atoms with Crippen molar-refractivity contribution in [2.24, 2.45) is 0 Å². The molecular formula is C20H29N3O4. The lowest BCUT2D eigenvalue weighted by Crippen LogP contribution is -2.52. The van der Waals surface area contributed by atoms with Crippen LogP contribution in [0.2, 0.25) is 0 Å². The summed E-state index contributed by atoms with van der Waals surface area (Å²) in [5, 5.41) is 12.1. The molecule has 7 heteroatoms. The van der Waals surface area contributed by atoms with Gasteiger partial charge in [0.25, 0.3) is 0 Å². The Balaban J connectivity index is 1.59. The molecule has 0 radical (unpaired) electrons. The van der Waals surface area contributed by atoms with Gasteiger partial charge in [0.15, 0.2) is 0 Å². The average Bonchev–Trinajstić information content (AvgIpc) is 2.85. The van der Waals surface area contributed by atoms with Gasteiger partial charge in [-0.3, -0.25) is 9.69 Å². The van der Waals surface area contributed by atoms with Crippen molar-refractivity contribution in [2.75, 3.05) is 39.8 Å². The number of likely N-dealkylation sites (N-methyl/N-ethyl adjacent to an activating group) is 1. The number of morpholine rings is 1. The van der Waals surface area contributed by atoms with E-state index in [0.717, 1.165) is 6.42 Å². The summed E-state index contributed by atoms with van der Waals surface area (Å²) >= 11 is 0. The third-order valence-corrected chi connectivity index (χ3v) is 5.42. The number of carboxylic acids is 1. The highest BCUT2D eigenvalue weighted by Gasteiger charge is 2.38. The number of hydrogen-bond donors (Lipinski definition) is 2. The van der Waals surface area contributed by atoms with Gasteiger partial charge in [0.05, 0.1) is 25.3 Å². The highest BCUT2D eigenvalue weighted by atomic mass is 16.5. The predicted molar refractivity (Wildman–Crippen MR) is 102 cm³/mol. The minimum Gasteiger partial charge on any atom is -0.480 e. The lowest BCUT2D eigenvalue weighted by Gasteiger charge is -2.35. The van der Waals surface area contributed by atoms with Gasteiger partial charge in [-0.2, -0.15) is 0 Å². The Labute approximate surface area is 160 Å². The van der Waals surface area contributed by atoms with Crippen LogP contribution in [0.15, 0.2) is 24.3 Å². The summed E-state index contributed by atoms with van der Waals surface area (Å²) < 4.78 is 5.71. The van der Waals surface area contributed by atoms with Crippen LogP contribution in [0.3, 0.4) is 0 Å². The molecular weight excluding hydrogens is 346 g/mol. The molecule has 0 saturated carbocycles. The molecule has 0 bridgehead atoms. The van der Waals surface area contributed by atoms with E-state index in [1.54, 1.807) is 16.8 Å². The van der Waals surface area contributed by atoms with Gasteiger partial charge in [0.1, 0.15) is 0 Å². The molecule has 2 N–H and O–H groups in total. The van der Waals surface area contributed by atoms with Crippen molar-refractivity contribution in [3.05, 3.63) is 35.4 Å². The second-order valence-electron chi connectivity index (χ2n) is 8.21. The molecule has 1 saturated heterocycles. The van der Waals surface area contributed by atoms with Crippen LogP contribution in [-0.2, 0) is 14.9 Å². The summed E-state index contributed by atoms with van der Waals surface area (Å²) in [5.41, 5.74) is 2.54. The van der Waals surface area contributed by atoms with Gasteiger partial charge in [0, 0.05) is 19.6 Å². The van der Waals surface area contributed by atoms with E-state index in [-0.39, 0.29) is 30.1 Å². The number of carboxylic acid groups (broad SMARTS) is 1. The number of nitrogens with one attached hydrogen (secondary N) is 1. The van der Waals surface area contributed by atoms with Crippen molar-refractivity contribution >= 4 is 12.0 Å². The highest BCUT2D eigenvalue weighted by molar-refractivity contribution is 5.75. The maximum absolute atomic E-state index is 12.8. The second kappa shape index (κ2) is 7.86. The molecule has 1 heterocycles. The fourth-order valence-corrected chi connectivity index (χ4v) is 4.17. The lowest BCUT2D eigenvalue weighted by atomic mass is 9.86. The number of rotatable bonds is 5. The summed E-state index contributed by atoms with van der Waals surface area (Å²) in [5.74, 6) is -0.870. The highest BCUT2D eigenvalue weighted by Crippen LogP contribution is 2.44. The van der Waals surface area contributed by atoms with E-state index in [9.17, 15) is 9.59 Å². The molecule has 27 heavy (non-hydrogen) atoms. The fourth-order valence-electron chi connectivity index (χ4n) is 4.17. The molecule has 1 aromatic rings. The third kappa shape index (κ3) is 4.59. The van der Waals surface area contributed by atoms with Gasteiger partial charge in [-0.25, -0.2) is 4.79 Å². The maximum atomic E-state index is 12.8. The molecule has 148 valence electrons. The molecule has 2 unspecified atom stereocenters. The Kier molecular flexibility index (Phi) is 5.72. The van der Waals surface area contributed by atoms with E-state index >= 15 is 0 Å². The zero-order valence-corrected chi connectivity index (χ0v) is 16.3. The van der Waals surface area contributed by atoms with E-state index < -0.39 is 5.97 Å². The molecule has 0 aromatic heterocycles. The van der Waals surface area contributed by atoms with Gasteiger partial charge >= 0.3 is 12.0 Å². The number of benzene rings is 1. The zero-order valence-electron chi connectivity index (χ0n) is 16.3. The number of fused-ring (bicyclic) bond motifs is 1. The van der Waals surface area contributed by atoms with E-state index in [2.05, 4.69) is 31.3 Å². The number of ether oxygens (including phenoxy) is 1. The van der Waals surface area contributed by atoms with Crippen LogP contribution < -0.4 is 5.32 Å². The van der Waals surface area contributed by atoms with Gasteiger partial charge in [0.2, 0.25) is 0 Å². The van der Waals surface area contributed by atoms with Crippen LogP contribution in [0.1, 0.15) is 37.4 Å². The van der Waals surface area contributed by atoms with Crippen molar-refractivity contribution < 1.29 is 19.4 Å². The molecule has 1 fully saturated rings. The Morgan fingerprint density at radius 2 is 2.11 bits per heavy atom. The van der Waals surface area contributed by atoms with Crippen LogP contribution >= 0.6 is 0 Å². The number of amides is 2. The van der Waals surface area contributed by atoms with Crippen LogP contribution in [0.25, 0.3) is 0 Å². The first-order chi connectivity index (χ1) is 12.8. The van der Waals surface area contributed by atoms with Gasteiger partial charge in [-0.05, 0) is 30.0 Å². The lowest BCUT2D eigenvalue weighted by molar-refractivity contribution is -0.138. The summed E-state index contributed by atoms with van der Waals surface area (Å²) in [4.78, 5) is 27.1. The number of hydrogen-bond acceptors (Lipinski definition) is 4. The second-order valence-corrected chi connectivity index (χ2v) is 8.21. The number of urea groups is 1. The molecule has 3 rings (SSSR count). The Hall–Kier alpha value is -2.12. The van der Waals surface area contributed by atoms with Crippen molar-refractivity contribution in [3.63, 3.8) is 0 Å². The quantitative estimate of drug-likeness (QED) is 0.821. The monoisotopic (exact) mass is 375 g/mol. The van der Waals surface area contributed by atoms with Crippen molar-refractivity contribution in [2.45, 2.75) is 37.8 Å². The first-order valence-electron chi connectivity index (χ1n) is 9.43. The standard InChI is InChI=1S/C20H29N3O4/c1-20(2)10-17(15-6-4-5-7-16(15)20)21-19(26)23-8-9-27-14(12-23)11-22(3)13-18(24)25/h4-7,14,17H,8-13H2,1-3H3,(H,21,26)(H,24,25). The molecule has 1 aliphatic heterocycles. The smallest absolute Gasteiger partial charge is 0.318 e. The van der Waals surface area contributed by atoms with E-state index in [4.69, 9.17) is 9.84 Å². The average molecular weight is 375 g/mol. The Morgan fingerprint density at radius 3 is 2.85 bits per heavy atom. The summed E-state index contributed by atoms with van der Waals surface area (Å²) in [6.07, 6.45) is 0.703. The summed E-state index contributed by atoms with van der Waals surface area (Å²) in [6.45, 7) is 6.33. The summed E-state index contributed by atoms with van der Waals surface area (Å²) in [7, 11) is 1.74. The van der Waals surface area contributed by atoms with Crippen LogP contribution in [0.5, 0.6) is 0 Å². The van der Waals surface area contributed by atoms with Gasteiger partial charge in [-0.1, -0.05) is 38.1 Å². The Morgan fingerprint density at radius 1 is 1.37 bits per heavy atom. The van der Waals surface area contributed by atoms with Gasteiger partial charge in [-0.15, -0.1) is 0 Å². The molecule has 1 aromatic carbocycles. The molecule has 2 atom stereocenters. The van der Waals surface area contributed by atoms with E-state index in [0.29, 0.717) is 26.2 Å². The number of carbonyl (C=O) groups is 2. The van der Waals surface area contributed by atoms with Crippen molar-refractivity contribution in [3.8, 4) is 0 Å².